The molecule has 0 spiro atoms. The van der Waals surface area contributed by atoms with E-state index < -0.39 is 0 Å². The summed E-state index contributed by atoms with van der Waals surface area (Å²) in [6.45, 7) is 6.89. The fourth-order valence-electron chi connectivity index (χ4n) is 4.73. The van der Waals surface area contributed by atoms with Gasteiger partial charge in [-0.25, -0.2) is 9.18 Å². The van der Waals surface area contributed by atoms with Crippen LogP contribution in [0.2, 0.25) is 0 Å². The van der Waals surface area contributed by atoms with Crippen LogP contribution in [0.3, 0.4) is 0 Å². The lowest BCUT2D eigenvalue weighted by atomic mass is 9.57. The number of nitrogens with zero attached hydrogens (tertiary/aromatic N) is 1. The van der Waals surface area contributed by atoms with Crippen LogP contribution in [-0.2, 0) is 4.74 Å². The van der Waals surface area contributed by atoms with Gasteiger partial charge in [0.05, 0.1) is 6.10 Å². The Morgan fingerprint density at radius 2 is 2.04 bits per heavy atom. The van der Waals surface area contributed by atoms with Crippen molar-refractivity contribution < 1.29 is 13.9 Å². The maximum Gasteiger partial charge on any atom is 0.319 e. The summed E-state index contributed by atoms with van der Waals surface area (Å²) in [5.74, 6) is 0.0568. The van der Waals surface area contributed by atoms with Gasteiger partial charge >= 0.3 is 6.03 Å². The molecule has 0 bridgehead atoms. The molecular formula is C19H26FN3O2. The number of fused-ring (bicyclic) bond motifs is 1. The second-order valence-electron chi connectivity index (χ2n) is 8.03. The number of ether oxygens (including phenoxy) is 1. The van der Waals surface area contributed by atoms with E-state index in [1.54, 1.807) is 0 Å². The van der Waals surface area contributed by atoms with E-state index >= 15 is 0 Å². The van der Waals surface area contributed by atoms with Crippen LogP contribution in [0.15, 0.2) is 18.2 Å². The molecule has 6 heteroatoms. The summed E-state index contributed by atoms with van der Waals surface area (Å²) in [7, 11) is 0. The van der Waals surface area contributed by atoms with Crippen LogP contribution in [0.5, 0.6) is 0 Å². The fraction of sp³-hybridized carbons (Fsp3) is 0.632. The Kier molecular flexibility index (Phi) is 4.10. The lowest BCUT2D eigenvalue weighted by Gasteiger charge is -2.54. The van der Waals surface area contributed by atoms with Gasteiger partial charge in [-0.2, -0.15) is 0 Å². The van der Waals surface area contributed by atoms with Crippen LogP contribution >= 0.6 is 0 Å². The lowest BCUT2D eigenvalue weighted by molar-refractivity contribution is -0.107. The average molecular weight is 347 g/mol. The van der Waals surface area contributed by atoms with E-state index in [4.69, 9.17) is 4.74 Å². The van der Waals surface area contributed by atoms with Crippen molar-refractivity contribution in [3.8, 4) is 0 Å². The quantitative estimate of drug-likeness (QED) is 0.881. The maximum absolute atomic E-state index is 14.0. The highest BCUT2D eigenvalue weighted by Gasteiger charge is 2.59. The molecule has 3 atom stereocenters. The molecule has 5 nitrogen and oxygen atoms in total. The topological polar surface area (TPSA) is 53.6 Å². The van der Waals surface area contributed by atoms with E-state index in [2.05, 4.69) is 29.4 Å². The van der Waals surface area contributed by atoms with Crippen LogP contribution in [0, 0.1) is 17.2 Å². The number of hydrogen-bond acceptors (Lipinski definition) is 3. The van der Waals surface area contributed by atoms with Gasteiger partial charge in [0.2, 0.25) is 0 Å². The van der Waals surface area contributed by atoms with Crippen molar-refractivity contribution in [2.75, 3.05) is 29.9 Å². The van der Waals surface area contributed by atoms with Crippen LogP contribution in [0.4, 0.5) is 20.6 Å². The molecule has 3 aliphatic rings. The van der Waals surface area contributed by atoms with E-state index in [1.165, 1.54) is 12.1 Å². The van der Waals surface area contributed by atoms with E-state index in [9.17, 15) is 9.18 Å². The van der Waals surface area contributed by atoms with Gasteiger partial charge in [-0.3, -0.25) is 0 Å². The third-order valence-corrected chi connectivity index (χ3v) is 6.00. The molecule has 2 aliphatic heterocycles. The Morgan fingerprint density at radius 1 is 1.28 bits per heavy atom. The van der Waals surface area contributed by atoms with Crippen molar-refractivity contribution in [2.45, 2.75) is 45.3 Å². The van der Waals surface area contributed by atoms with Gasteiger partial charge in [0.15, 0.2) is 0 Å². The molecule has 2 saturated heterocycles. The van der Waals surface area contributed by atoms with E-state index in [0.717, 1.165) is 44.6 Å². The highest BCUT2D eigenvalue weighted by atomic mass is 19.1. The summed E-state index contributed by atoms with van der Waals surface area (Å²) in [5.41, 5.74) is 1.26. The molecule has 3 fully saturated rings. The molecule has 1 aromatic carbocycles. The van der Waals surface area contributed by atoms with Gasteiger partial charge in [0.25, 0.3) is 0 Å². The Labute approximate surface area is 147 Å². The number of carbonyl (C=O) groups is 1. The zero-order valence-corrected chi connectivity index (χ0v) is 14.8. The number of halogens is 1. The minimum absolute atomic E-state index is 0.0683. The van der Waals surface area contributed by atoms with Crippen molar-refractivity contribution in [3.05, 3.63) is 24.0 Å². The number of urea groups is 1. The van der Waals surface area contributed by atoms with Crippen molar-refractivity contribution in [2.24, 2.45) is 11.3 Å². The number of hydrogen-bond donors (Lipinski definition) is 2. The first kappa shape index (κ1) is 16.6. The van der Waals surface area contributed by atoms with Crippen LogP contribution in [0.25, 0.3) is 0 Å². The van der Waals surface area contributed by atoms with Crippen molar-refractivity contribution >= 4 is 17.4 Å². The second kappa shape index (κ2) is 6.16. The maximum atomic E-state index is 14.0. The molecule has 0 radical (unpaired) electrons. The van der Waals surface area contributed by atoms with Gasteiger partial charge in [0, 0.05) is 48.4 Å². The molecule has 0 unspecified atom stereocenters. The second-order valence-corrected chi connectivity index (χ2v) is 8.03. The van der Waals surface area contributed by atoms with E-state index in [1.807, 2.05) is 6.07 Å². The van der Waals surface area contributed by atoms with Crippen LogP contribution < -0.4 is 15.5 Å². The Bertz CT molecular complexity index is 673. The van der Waals surface area contributed by atoms with Gasteiger partial charge in [-0.15, -0.1) is 0 Å². The molecule has 2 heterocycles. The first-order valence-corrected chi connectivity index (χ1v) is 9.20. The summed E-state index contributed by atoms with van der Waals surface area (Å²) in [6, 6.07) is 4.56. The molecule has 2 amide bonds. The van der Waals surface area contributed by atoms with E-state index in [-0.39, 0.29) is 29.4 Å². The number of anilines is 2. The fourth-order valence-corrected chi connectivity index (χ4v) is 4.73. The normalized spacial score (nSPS) is 29.9. The summed E-state index contributed by atoms with van der Waals surface area (Å²) in [4.78, 5) is 14.6. The molecule has 1 aromatic rings. The minimum Gasteiger partial charge on any atom is -0.377 e. The predicted molar refractivity (Wildman–Crippen MR) is 95.4 cm³/mol. The molecule has 1 saturated carbocycles. The van der Waals surface area contributed by atoms with Gasteiger partial charge in [-0.1, -0.05) is 13.8 Å². The third kappa shape index (κ3) is 2.97. The number of carbonyl (C=O) groups excluding carboxylic acids is 1. The zero-order chi connectivity index (χ0) is 17.6. The predicted octanol–water partition coefficient (Wildman–Crippen LogP) is 3.36. The summed E-state index contributed by atoms with van der Waals surface area (Å²) >= 11 is 0. The Hall–Kier alpha value is -1.82. The van der Waals surface area contributed by atoms with Crippen LogP contribution in [0.1, 0.15) is 33.1 Å². The smallest absolute Gasteiger partial charge is 0.319 e. The molecule has 0 aromatic heterocycles. The molecule has 4 rings (SSSR count). The van der Waals surface area contributed by atoms with Crippen LogP contribution in [-0.4, -0.2) is 37.9 Å². The third-order valence-electron chi connectivity index (χ3n) is 6.00. The van der Waals surface area contributed by atoms with Crippen molar-refractivity contribution in [3.63, 3.8) is 0 Å². The molecule has 2 N–H and O–H groups in total. The van der Waals surface area contributed by atoms with Crippen molar-refractivity contribution in [1.82, 2.24) is 5.32 Å². The highest BCUT2D eigenvalue weighted by molar-refractivity contribution is 5.90. The molecular weight excluding hydrogens is 321 g/mol. The van der Waals surface area contributed by atoms with Gasteiger partial charge < -0.3 is 20.3 Å². The number of nitrogens with one attached hydrogen (secondary N) is 2. The first-order valence-electron chi connectivity index (χ1n) is 9.20. The van der Waals surface area contributed by atoms with Crippen molar-refractivity contribution in [1.29, 1.82) is 0 Å². The summed E-state index contributed by atoms with van der Waals surface area (Å²) < 4.78 is 19.7. The molecule has 25 heavy (non-hydrogen) atoms. The standard InChI is InChI=1S/C19H26FN3O2/c1-19(2)16(15-5-8-25-17(15)19)22-18(24)21-13-9-12(20)10-14(11-13)23-6-3-4-7-23/h9-11,15-17H,3-8H2,1-2H3,(H2,21,22,24)/t15-,16-,17+/m1/s1. The number of benzene rings is 1. The SMILES string of the molecule is CC1(C)[C@H](NC(=O)Nc2cc(F)cc(N3CCCC3)c2)[C@H]2CCO[C@@H]21. The van der Waals surface area contributed by atoms with Gasteiger partial charge in [-0.05, 0) is 37.5 Å². The Balaban J connectivity index is 1.42. The van der Waals surface area contributed by atoms with E-state index in [0.29, 0.717) is 11.6 Å². The zero-order valence-electron chi connectivity index (χ0n) is 14.8. The molecule has 1 aliphatic carbocycles. The number of amides is 2. The largest absolute Gasteiger partial charge is 0.377 e. The summed E-state index contributed by atoms with van der Waals surface area (Å²) in [6.07, 6.45) is 3.47. The Morgan fingerprint density at radius 3 is 2.80 bits per heavy atom. The highest BCUT2D eigenvalue weighted by Crippen LogP contribution is 2.52. The number of rotatable bonds is 3. The molecule has 136 valence electrons. The average Bonchev–Trinajstić information content (AvgIpc) is 3.23. The monoisotopic (exact) mass is 347 g/mol. The van der Waals surface area contributed by atoms with Gasteiger partial charge in [0.1, 0.15) is 5.82 Å². The summed E-state index contributed by atoms with van der Waals surface area (Å²) in [5, 5.41) is 5.87. The minimum atomic E-state index is -0.326. The first-order chi connectivity index (χ1) is 11.9. The lowest BCUT2D eigenvalue weighted by Crippen LogP contribution is -2.67.